The smallest absolute Gasteiger partial charge is 0.435 e. The highest BCUT2D eigenvalue weighted by atomic mass is 32.2. The number of ether oxygens (including phenoxy) is 2. The Morgan fingerprint density at radius 1 is 1.00 bits per heavy atom. The van der Waals surface area contributed by atoms with Gasteiger partial charge in [-0.25, -0.2) is 12.8 Å². The van der Waals surface area contributed by atoms with Crippen molar-refractivity contribution in [3.8, 4) is 11.5 Å². The fourth-order valence-electron chi connectivity index (χ4n) is 3.62. The number of carbonyl (C=O) groups is 1. The van der Waals surface area contributed by atoms with Crippen molar-refractivity contribution in [3.05, 3.63) is 89.2 Å². The van der Waals surface area contributed by atoms with E-state index in [9.17, 15) is 30.8 Å². The first-order valence-corrected chi connectivity index (χ1v) is 13.1. The largest absolute Gasteiger partial charge is 0.493 e. The maximum absolute atomic E-state index is 13.9. The van der Waals surface area contributed by atoms with Crippen molar-refractivity contribution in [2.45, 2.75) is 12.8 Å². The van der Waals surface area contributed by atoms with Crippen LogP contribution in [0.3, 0.4) is 0 Å². The van der Waals surface area contributed by atoms with Crippen LogP contribution in [0.2, 0.25) is 0 Å². The molecule has 0 saturated heterocycles. The average molecular weight is 564 g/mol. The molecule has 0 bridgehead atoms. The maximum atomic E-state index is 13.9. The second-order valence-corrected chi connectivity index (χ2v) is 10.1. The molecule has 1 N–H and O–H groups in total. The summed E-state index contributed by atoms with van der Waals surface area (Å²) in [5.41, 5.74) is -1.07. The Hall–Kier alpha value is -4.39. The van der Waals surface area contributed by atoms with Crippen LogP contribution in [0.15, 0.2) is 77.4 Å². The van der Waals surface area contributed by atoms with Crippen molar-refractivity contribution in [3.63, 3.8) is 0 Å². The molecule has 0 radical (unpaired) electrons. The molecule has 39 heavy (non-hydrogen) atoms. The first kappa shape index (κ1) is 27.6. The van der Waals surface area contributed by atoms with E-state index in [1.165, 1.54) is 73.8 Å². The van der Waals surface area contributed by atoms with Crippen LogP contribution in [-0.2, 0) is 21.4 Å². The first-order chi connectivity index (χ1) is 18.3. The molecule has 0 spiro atoms. The highest BCUT2D eigenvalue weighted by Gasteiger charge is 2.46. The van der Waals surface area contributed by atoms with Crippen molar-refractivity contribution >= 4 is 39.1 Å². The third kappa shape index (κ3) is 6.74. The number of benzene rings is 3. The predicted octanol–water partition coefficient (Wildman–Crippen LogP) is 5.13. The van der Waals surface area contributed by atoms with E-state index in [0.717, 1.165) is 12.3 Å². The van der Waals surface area contributed by atoms with Gasteiger partial charge in [-0.3, -0.25) is 9.52 Å². The Kier molecular flexibility index (Phi) is 7.63. The molecular formula is C26H21F4N3O5S. The van der Waals surface area contributed by atoms with Crippen LogP contribution in [0.4, 0.5) is 28.9 Å². The molecule has 3 aromatic rings. The van der Waals surface area contributed by atoms with Gasteiger partial charge in [-0.15, -0.1) is 0 Å². The van der Waals surface area contributed by atoms with E-state index in [-0.39, 0.29) is 29.3 Å². The Bertz CT molecular complexity index is 1550. The number of hydrogen-bond donors (Lipinski definition) is 1. The molecule has 1 aliphatic heterocycles. The van der Waals surface area contributed by atoms with Crippen LogP contribution in [-0.4, -0.2) is 39.6 Å². The van der Waals surface area contributed by atoms with Gasteiger partial charge in [0.25, 0.3) is 5.91 Å². The summed E-state index contributed by atoms with van der Waals surface area (Å²) in [6, 6.07) is 15.0. The van der Waals surface area contributed by atoms with Crippen LogP contribution in [0.1, 0.15) is 11.1 Å². The van der Waals surface area contributed by atoms with Gasteiger partial charge in [-0.2, -0.15) is 23.3 Å². The molecule has 0 atom stereocenters. The van der Waals surface area contributed by atoms with Gasteiger partial charge in [0.2, 0.25) is 10.0 Å². The number of nitrogens with one attached hydrogen (secondary N) is 1. The lowest BCUT2D eigenvalue weighted by atomic mass is 10.1. The molecule has 1 amide bonds. The molecule has 0 aromatic heterocycles. The monoisotopic (exact) mass is 563 g/mol. The van der Waals surface area contributed by atoms with Gasteiger partial charge in [0.15, 0.2) is 17.2 Å². The minimum absolute atomic E-state index is 0.00209. The summed E-state index contributed by atoms with van der Waals surface area (Å²) >= 11 is 0. The molecule has 4 rings (SSSR count). The number of nitrogens with zero attached hydrogens (tertiary/aromatic N) is 2. The SMILES string of the molecule is COc1ccc(/C=C2\C(=O)N(c3ccc(NS(C)(=O)=O)cc3)N=C2C(F)(F)F)cc1OCc1ccc(F)cc1. The summed E-state index contributed by atoms with van der Waals surface area (Å²) in [6.07, 6.45) is -2.96. The zero-order valence-electron chi connectivity index (χ0n) is 20.5. The molecule has 0 saturated carbocycles. The summed E-state index contributed by atoms with van der Waals surface area (Å²) in [5, 5.41) is 4.11. The van der Waals surface area contributed by atoms with Gasteiger partial charge in [-0.05, 0) is 65.7 Å². The predicted molar refractivity (Wildman–Crippen MR) is 138 cm³/mol. The first-order valence-electron chi connectivity index (χ1n) is 11.2. The Morgan fingerprint density at radius 3 is 2.26 bits per heavy atom. The van der Waals surface area contributed by atoms with E-state index < -0.39 is 39.2 Å². The minimum Gasteiger partial charge on any atom is -0.493 e. The molecular weight excluding hydrogens is 542 g/mol. The molecule has 3 aromatic carbocycles. The lowest BCUT2D eigenvalue weighted by Gasteiger charge is -2.13. The normalized spacial score (nSPS) is 14.9. The number of hydrogen-bond acceptors (Lipinski definition) is 6. The third-order valence-electron chi connectivity index (χ3n) is 5.37. The molecule has 8 nitrogen and oxygen atoms in total. The zero-order chi connectivity index (χ0) is 28.4. The Labute approximate surface area is 221 Å². The standard InChI is InChI=1S/C26H21F4N3O5S/c1-37-22-12-5-17(14-23(22)38-15-16-3-6-18(27)7-4-16)13-21-24(26(28,29)30)31-33(25(21)34)20-10-8-19(9-11-20)32-39(2,35)36/h3-14,32H,15H2,1-2H3/b21-13-. The summed E-state index contributed by atoms with van der Waals surface area (Å²) in [4.78, 5) is 13.1. The van der Waals surface area contributed by atoms with Gasteiger partial charge < -0.3 is 9.47 Å². The zero-order valence-corrected chi connectivity index (χ0v) is 21.3. The van der Waals surface area contributed by atoms with Crippen LogP contribution in [0.25, 0.3) is 6.08 Å². The van der Waals surface area contributed by atoms with E-state index >= 15 is 0 Å². The number of halogens is 4. The van der Waals surface area contributed by atoms with Crippen molar-refractivity contribution in [1.29, 1.82) is 0 Å². The van der Waals surface area contributed by atoms with Crippen LogP contribution in [0.5, 0.6) is 11.5 Å². The van der Waals surface area contributed by atoms with Gasteiger partial charge >= 0.3 is 6.18 Å². The molecule has 204 valence electrons. The Balaban J connectivity index is 1.64. The number of anilines is 2. The molecule has 0 unspecified atom stereocenters. The number of sulfonamides is 1. The van der Waals surface area contributed by atoms with Gasteiger partial charge in [0, 0.05) is 5.69 Å². The van der Waals surface area contributed by atoms with Gasteiger partial charge in [0.05, 0.1) is 24.6 Å². The second kappa shape index (κ2) is 10.8. The molecule has 13 heteroatoms. The average Bonchev–Trinajstić information content (AvgIpc) is 3.19. The third-order valence-corrected chi connectivity index (χ3v) is 5.97. The van der Waals surface area contributed by atoms with E-state index in [4.69, 9.17) is 9.47 Å². The van der Waals surface area contributed by atoms with Gasteiger partial charge in [0.1, 0.15) is 12.4 Å². The molecule has 0 fully saturated rings. The number of rotatable bonds is 8. The van der Waals surface area contributed by atoms with E-state index in [1.807, 2.05) is 0 Å². The van der Waals surface area contributed by atoms with Crippen molar-refractivity contribution in [2.24, 2.45) is 5.10 Å². The maximum Gasteiger partial charge on any atom is 0.435 e. The fourth-order valence-corrected chi connectivity index (χ4v) is 4.18. The van der Waals surface area contributed by atoms with Gasteiger partial charge in [-0.1, -0.05) is 18.2 Å². The minimum atomic E-state index is -4.94. The van der Waals surface area contributed by atoms with E-state index in [1.54, 1.807) is 0 Å². The lowest BCUT2D eigenvalue weighted by molar-refractivity contribution is -0.114. The van der Waals surface area contributed by atoms with Crippen molar-refractivity contribution in [2.75, 3.05) is 23.1 Å². The van der Waals surface area contributed by atoms with Crippen LogP contribution >= 0.6 is 0 Å². The quantitative estimate of drug-likeness (QED) is 0.303. The van der Waals surface area contributed by atoms with Crippen molar-refractivity contribution in [1.82, 2.24) is 0 Å². The summed E-state index contributed by atoms with van der Waals surface area (Å²) in [6.45, 7) is 0.0306. The molecule has 1 aliphatic rings. The summed E-state index contributed by atoms with van der Waals surface area (Å²) in [5.74, 6) is -0.955. The number of methoxy groups -OCH3 is 1. The molecule has 0 aliphatic carbocycles. The topological polar surface area (TPSA) is 97.3 Å². The van der Waals surface area contributed by atoms with E-state index in [0.29, 0.717) is 16.3 Å². The number of amides is 1. The van der Waals surface area contributed by atoms with Crippen LogP contribution in [0, 0.1) is 5.82 Å². The summed E-state index contributed by atoms with van der Waals surface area (Å²) < 4.78 is 90.8. The number of carbonyl (C=O) groups excluding carboxylic acids is 1. The number of hydrazone groups is 1. The Morgan fingerprint density at radius 2 is 1.67 bits per heavy atom. The summed E-state index contributed by atoms with van der Waals surface area (Å²) in [7, 11) is -2.18. The van der Waals surface area contributed by atoms with E-state index in [2.05, 4.69) is 9.82 Å². The highest BCUT2D eigenvalue weighted by molar-refractivity contribution is 7.92. The number of alkyl halides is 3. The van der Waals surface area contributed by atoms with Crippen molar-refractivity contribution < 1.29 is 40.2 Å². The lowest BCUT2D eigenvalue weighted by Crippen LogP contribution is -2.25. The fraction of sp³-hybridized carbons (Fsp3) is 0.154. The van der Waals surface area contributed by atoms with Crippen LogP contribution < -0.4 is 19.2 Å². The molecule has 1 heterocycles. The second-order valence-electron chi connectivity index (χ2n) is 8.37. The highest BCUT2D eigenvalue weighted by Crippen LogP contribution is 2.35.